The van der Waals surface area contributed by atoms with Gasteiger partial charge in [0.1, 0.15) is 0 Å². The van der Waals surface area contributed by atoms with Gasteiger partial charge in [0, 0.05) is 49.4 Å². The van der Waals surface area contributed by atoms with Crippen LogP contribution in [0.3, 0.4) is 0 Å². The first-order chi connectivity index (χ1) is 30.8. The third-order valence-corrected chi connectivity index (χ3v) is 12.0. The van der Waals surface area contributed by atoms with E-state index < -0.39 is 0 Å². The lowest BCUT2D eigenvalue weighted by Crippen LogP contribution is -2.07. The molecule has 5 nitrogen and oxygen atoms in total. The second kappa shape index (κ2) is 14.7. The first kappa shape index (κ1) is 35.5. The fourth-order valence-corrected chi connectivity index (χ4v) is 9.24. The van der Waals surface area contributed by atoms with Gasteiger partial charge >= 0.3 is 0 Å². The first-order valence-corrected chi connectivity index (χ1v) is 21.0. The fourth-order valence-electron chi connectivity index (χ4n) is 9.24. The van der Waals surface area contributed by atoms with Crippen LogP contribution in [0.2, 0.25) is 0 Å². The van der Waals surface area contributed by atoms with Crippen LogP contribution < -0.4 is 0 Å². The molecule has 0 saturated heterocycles. The highest BCUT2D eigenvalue weighted by Gasteiger charge is 2.22. The van der Waals surface area contributed by atoms with Crippen molar-refractivity contribution in [2.45, 2.75) is 0 Å². The average molecular weight is 792 g/mol. The molecule has 0 spiro atoms. The summed E-state index contributed by atoms with van der Waals surface area (Å²) < 4.78 is 4.66. The normalized spacial score (nSPS) is 11.5. The summed E-state index contributed by atoms with van der Waals surface area (Å²) in [7, 11) is 0. The summed E-state index contributed by atoms with van der Waals surface area (Å²) in [6.45, 7) is 0. The zero-order valence-corrected chi connectivity index (χ0v) is 33.6. The minimum absolute atomic E-state index is 0.561. The van der Waals surface area contributed by atoms with E-state index >= 15 is 0 Å². The largest absolute Gasteiger partial charge is 0.308 e. The van der Waals surface area contributed by atoms with Gasteiger partial charge < -0.3 is 4.57 Å². The molecule has 0 bridgehead atoms. The van der Waals surface area contributed by atoms with Gasteiger partial charge in [-0.1, -0.05) is 200 Å². The van der Waals surface area contributed by atoms with Crippen molar-refractivity contribution in [3.8, 4) is 67.8 Å². The number of fused-ring (bicyclic) bond motifs is 6. The molecule has 290 valence electrons. The van der Waals surface area contributed by atoms with Crippen LogP contribution in [0.4, 0.5) is 0 Å². The first-order valence-electron chi connectivity index (χ1n) is 21.0. The molecule has 0 atom stereocenters. The Bertz CT molecular complexity index is 3570. The van der Waals surface area contributed by atoms with Crippen molar-refractivity contribution in [3.63, 3.8) is 0 Å². The van der Waals surface area contributed by atoms with Gasteiger partial charge in [0.15, 0.2) is 11.6 Å². The summed E-state index contributed by atoms with van der Waals surface area (Å²) in [5, 5.41) is 4.72. The Labute approximate surface area is 358 Å². The van der Waals surface area contributed by atoms with Crippen molar-refractivity contribution in [1.82, 2.24) is 24.1 Å². The monoisotopic (exact) mass is 791 g/mol. The summed E-state index contributed by atoms with van der Waals surface area (Å²) in [5.41, 5.74) is 14.0. The molecule has 0 aliphatic carbocycles. The van der Waals surface area contributed by atoms with Crippen LogP contribution >= 0.6 is 0 Å². The van der Waals surface area contributed by atoms with Gasteiger partial charge in [0.2, 0.25) is 5.95 Å². The molecule has 0 aliphatic heterocycles. The molecule has 12 rings (SSSR count). The van der Waals surface area contributed by atoms with Crippen LogP contribution in [-0.2, 0) is 0 Å². The number of rotatable bonds is 7. The van der Waals surface area contributed by atoms with Crippen LogP contribution in [0, 0.1) is 0 Å². The molecule has 3 aromatic heterocycles. The molecular formula is C57H37N5. The smallest absolute Gasteiger partial charge is 0.238 e. The molecule has 0 amide bonds. The number of hydrogen-bond acceptors (Lipinski definition) is 3. The lowest BCUT2D eigenvalue weighted by Gasteiger charge is -2.19. The molecule has 0 radical (unpaired) electrons. The van der Waals surface area contributed by atoms with E-state index in [9.17, 15) is 0 Å². The van der Waals surface area contributed by atoms with E-state index in [-0.39, 0.29) is 0 Å². The molecular weight excluding hydrogens is 755 g/mol. The Kier molecular flexibility index (Phi) is 8.42. The summed E-state index contributed by atoms with van der Waals surface area (Å²) in [5.74, 6) is 1.76. The maximum absolute atomic E-state index is 5.40. The van der Waals surface area contributed by atoms with Crippen LogP contribution in [0.5, 0.6) is 0 Å². The van der Waals surface area contributed by atoms with Gasteiger partial charge in [0.05, 0.1) is 27.8 Å². The lowest BCUT2D eigenvalue weighted by molar-refractivity contribution is 0.954. The van der Waals surface area contributed by atoms with E-state index in [0.29, 0.717) is 17.6 Å². The van der Waals surface area contributed by atoms with Crippen LogP contribution in [0.25, 0.3) is 111 Å². The Morgan fingerprint density at radius 1 is 0.274 bits per heavy atom. The molecule has 62 heavy (non-hydrogen) atoms. The predicted molar refractivity (Wildman–Crippen MR) is 256 cm³/mol. The molecule has 0 unspecified atom stereocenters. The minimum atomic E-state index is 0.561. The van der Waals surface area contributed by atoms with E-state index in [1.165, 1.54) is 10.8 Å². The van der Waals surface area contributed by atoms with Gasteiger partial charge in [-0.25, -0.2) is 4.98 Å². The number of para-hydroxylation sites is 5. The van der Waals surface area contributed by atoms with Gasteiger partial charge in [-0.15, -0.1) is 0 Å². The van der Waals surface area contributed by atoms with Crippen molar-refractivity contribution in [3.05, 3.63) is 224 Å². The molecule has 0 saturated carbocycles. The van der Waals surface area contributed by atoms with Crippen LogP contribution in [-0.4, -0.2) is 24.1 Å². The second-order valence-electron chi connectivity index (χ2n) is 15.6. The zero-order valence-electron chi connectivity index (χ0n) is 33.6. The molecule has 0 N–H and O–H groups in total. The third-order valence-electron chi connectivity index (χ3n) is 12.0. The maximum Gasteiger partial charge on any atom is 0.238 e. The topological polar surface area (TPSA) is 48.5 Å². The standard InChI is InChI=1S/C57H37N5/c1-4-19-38(20-5-1)43-30-17-32-45(53(43)61-50-34-13-10-27-46(50)47-28-11-14-35-51(47)61)41-25-16-26-42(37-41)56-58-55(40-23-8-3-9-24-40)59-57(60-56)62-52-36-15-12-29-48(52)49-33-18-31-44(54(49)62)39-21-6-2-7-22-39/h1-37H. The van der Waals surface area contributed by atoms with Crippen molar-refractivity contribution in [1.29, 1.82) is 0 Å². The summed E-state index contributed by atoms with van der Waals surface area (Å²) in [6, 6.07) is 79.2. The Hall–Kier alpha value is -8.41. The minimum Gasteiger partial charge on any atom is -0.308 e. The number of hydrogen-bond donors (Lipinski definition) is 0. The van der Waals surface area contributed by atoms with Crippen molar-refractivity contribution >= 4 is 43.6 Å². The highest BCUT2D eigenvalue weighted by molar-refractivity contribution is 6.14. The van der Waals surface area contributed by atoms with E-state index in [1.54, 1.807) is 0 Å². The third kappa shape index (κ3) is 5.82. The predicted octanol–water partition coefficient (Wildman–Crippen LogP) is 14.4. The summed E-state index contributed by atoms with van der Waals surface area (Å²) in [4.78, 5) is 15.9. The zero-order chi connectivity index (χ0) is 41.0. The Balaban J connectivity index is 1.11. The van der Waals surface area contributed by atoms with Gasteiger partial charge in [-0.2, -0.15) is 9.97 Å². The van der Waals surface area contributed by atoms with E-state index in [2.05, 4.69) is 215 Å². The molecule has 0 fully saturated rings. The summed E-state index contributed by atoms with van der Waals surface area (Å²) in [6.07, 6.45) is 0. The van der Waals surface area contributed by atoms with Crippen molar-refractivity contribution in [2.75, 3.05) is 0 Å². The number of benzene rings is 9. The van der Waals surface area contributed by atoms with E-state index in [0.717, 1.165) is 83.0 Å². The highest BCUT2D eigenvalue weighted by atomic mass is 15.2. The average Bonchev–Trinajstić information content (AvgIpc) is 3.87. The van der Waals surface area contributed by atoms with Gasteiger partial charge in [0.25, 0.3) is 0 Å². The Morgan fingerprint density at radius 3 is 1.31 bits per heavy atom. The second-order valence-corrected chi connectivity index (χ2v) is 15.6. The quantitative estimate of drug-likeness (QED) is 0.162. The molecule has 5 heteroatoms. The van der Waals surface area contributed by atoms with Crippen molar-refractivity contribution < 1.29 is 0 Å². The van der Waals surface area contributed by atoms with E-state index in [4.69, 9.17) is 15.0 Å². The summed E-state index contributed by atoms with van der Waals surface area (Å²) >= 11 is 0. The Morgan fingerprint density at radius 2 is 0.677 bits per heavy atom. The van der Waals surface area contributed by atoms with Crippen LogP contribution in [0.1, 0.15) is 0 Å². The van der Waals surface area contributed by atoms with Gasteiger partial charge in [-0.3, -0.25) is 4.57 Å². The number of nitrogens with zero attached hydrogens (tertiary/aromatic N) is 5. The van der Waals surface area contributed by atoms with Gasteiger partial charge in [-0.05, 0) is 41.0 Å². The fraction of sp³-hybridized carbons (Fsp3) is 0. The maximum atomic E-state index is 5.40. The SMILES string of the molecule is c1ccc(-c2nc(-c3cccc(-c4cccc(-c5ccccc5)c4-n4c5ccccc5c5ccccc54)c3)nc(-n3c4ccccc4c4cccc(-c5ccccc5)c43)n2)cc1. The van der Waals surface area contributed by atoms with E-state index in [1.807, 2.05) is 18.2 Å². The molecule has 3 heterocycles. The van der Waals surface area contributed by atoms with Crippen molar-refractivity contribution in [2.24, 2.45) is 0 Å². The lowest BCUT2D eigenvalue weighted by atomic mass is 9.94. The molecule has 9 aromatic carbocycles. The van der Waals surface area contributed by atoms with Crippen LogP contribution in [0.15, 0.2) is 224 Å². The highest BCUT2D eigenvalue weighted by Crippen LogP contribution is 2.42. The number of aromatic nitrogens is 5. The molecule has 0 aliphatic rings. The molecule has 12 aromatic rings.